The minimum atomic E-state index is 0.471. The van der Waals surface area contributed by atoms with Gasteiger partial charge in [0.2, 0.25) is 0 Å². The third kappa shape index (κ3) is 6.00. The molecule has 0 fully saturated rings. The van der Waals surface area contributed by atoms with E-state index in [9.17, 15) is 0 Å². The van der Waals surface area contributed by atoms with Gasteiger partial charge >= 0.3 is 0 Å². The van der Waals surface area contributed by atoms with Crippen LogP contribution in [-0.4, -0.2) is 13.7 Å². The first-order valence-corrected chi connectivity index (χ1v) is 7.51. The predicted molar refractivity (Wildman–Crippen MR) is 88.8 cm³/mol. The zero-order chi connectivity index (χ0) is 15.8. The number of hydroxylamine groups is 1. The molecule has 5 heteroatoms. The van der Waals surface area contributed by atoms with Crippen LogP contribution in [0, 0.1) is 0 Å². The number of allylic oxidation sites excluding steroid dienone is 2. The number of hydrogen-bond donors (Lipinski definition) is 1. The average Bonchev–Trinajstić information content (AvgIpc) is 2.45. The molecule has 1 aromatic rings. The summed E-state index contributed by atoms with van der Waals surface area (Å²) in [6.45, 7) is 6.54. The number of nitrogens with one attached hydrogen (secondary N) is 1. The van der Waals surface area contributed by atoms with Crippen molar-refractivity contribution in [1.82, 2.24) is 5.48 Å². The van der Waals surface area contributed by atoms with Crippen LogP contribution < -0.4 is 10.2 Å². The molecular weight excluding hydrogens is 309 g/mol. The summed E-state index contributed by atoms with van der Waals surface area (Å²) in [6.07, 6.45) is 2.86. The van der Waals surface area contributed by atoms with Gasteiger partial charge in [0.1, 0.15) is 18.1 Å². The topological polar surface area (TPSA) is 30.5 Å². The van der Waals surface area contributed by atoms with Crippen molar-refractivity contribution >= 4 is 23.2 Å². The normalized spacial score (nSPS) is 11.2. The van der Waals surface area contributed by atoms with Crippen molar-refractivity contribution < 1.29 is 9.57 Å². The third-order valence-electron chi connectivity index (χ3n) is 2.81. The van der Waals surface area contributed by atoms with E-state index in [0.29, 0.717) is 22.4 Å². The number of halogens is 2. The summed E-state index contributed by atoms with van der Waals surface area (Å²) >= 11 is 11.8. The van der Waals surface area contributed by atoms with Crippen molar-refractivity contribution in [2.75, 3.05) is 13.7 Å². The van der Waals surface area contributed by atoms with Gasteiger partial charge in [-0.2, -0.15) is 5.48 Å². The molecule has 0 radical (unpaired) electrons. The van der Waals surface area contributed by atoms with Gasteiger partial charge in [0.25, 0.3) is 0 Å². The van der Waals surface area contributed by atoms with Crippen LogP contribution in [0.4, 0.5) is 0 Å². The average molecular weight is 330 g/mol. The fraction of sp³-hybridized carbons (Fsp3) is 0.375. The zero-order valence-corrected chi connectivity index (χ0v) is 14.3. The van der Waals surface area contributed by atoms with E-state index in [0.717, 1.165) is 23.3 Å². The van der Waals surface area contributed by atoms with Crippen molar-refractivity contribution in [3.05, 3.63) is 51.2 Å². The highest BCUT2D eigenvalue weighted by molar-refractivity contribution is 6.42. The molecular formula is C16H21Cl2NO2. The summed E-state index contributed by atoms with van der Waals surface area (Å²) in [5.41, 5.74) is 4.90. The second-order valence-corrected chi connectivity index (χ2v) is 5.51. The van der Waals surface area contributed by atoms with Crippen LogP contribution in [0.2, 0.25) is 10.0 Å². The minimum Gasteiger partial charge on any atom is -0.489 e. The maximum Gasteiger partial charge on any atom is 0.145 e. The van der Waals surface area contributed by atoms with Gasteiger partial charge in [0, 0.05) is 13.1 Å². The summed E-state index contributed by atoms with van der Waals surface area (Å²) < 4.78 is 5.74. The number of rotatable bonds is 7. The van der Waals surface area contributed by atoms with Gasteiger partial charge in [0.05, 0.1) is 10.0 Å². The molecule has 0 saturated heterocycles. The van der Waals surface area contributed by atoms with E-state index in [1.165, 1.54) is 0 Å². The Balaban J connectivity index is 2.78. The van der Waals surface area contributed by atoms with Crippen molar-refractivity contribution in [2.24, 2.45) is 0 Å². The lowest BCUT2D eigenvalue weighted by molar-refractivity contribution is 0.134. The van der Waals surface area contributed by atoms with E-state index in [-0.39, 0.29) is 0 Å². The summed E-state index contributed by atoms with van der Waals surface area (Å²) in [7, 11) is 1.73. The molecule has 116 valence electrons. The lowest BCUT2D eigenvalue weighted by atomic mass is 10.1. The predicted octanol–water partition coefficient (Wildman–Crippen LogP) is 5.15. The maximum absolute atomic E-state index is 5.97. The minimum absolute atomic E-state index is 0.471. The Morgan fingerprint density at radius 3 is 2.48 bits per heavy atom. The second kappa shape index (κ2) is 8.98. The Bertz CT molecular complexity index is 535. The Labute approximate surface area is 136 Å². The molecule has 0 heterocycles. The Hall–Kier alpha value is -1.16. The highest BCUT2D eigenvalue weighted by Gasteiger charge is 2.04. The largest absolute Gasteiger partial charge is 0.489 e. The van der Waals surface area contributed by atoms with Gasteiger partial charge in [-0.15, -0.1) is 0 Å². The van der Waals surface area contributed by atoms with Gasteiger partial charge in [0.15, 0.2) is 0 Å². The van der Waals surface area contributed by atoms with E-state index >= 15 is 0 Å². The quantitative estimate of drug-likeness (QED) is 0.426. The summed E-state index contributed by atoms with van der Waals surface area (Å²) in [6, 6.07) is 5.23. The summed E-state index contributed by atoms with van der Waals surface area (Å²) in [5.74, 6) is 1.49. The molecule has 0 aliphatic heterocycles. The van der Waals surface area contributed by atoms with Gasteiger partial charge in [-0.1, -0.05) is 30.1 Å². The number of hydrogen-bond acceptors (Lipinski definition) is 3. The molecule has 0 unspecified atom stereocenters. The second-order valence-electron chi connectivity index (χ2n) is 4.69. The first-order chi connectivity index (χ1) is 9.97. The molecule has 21 heavy (non-hydrogen) atoms. The number of benzene rings is 1. The first kappa shape index (κ1) is 17.9. The van der Waals surface area contributed by atoms with Crippen molar-refractivity contribution in [1.29, 1.82) is 0 Å². The van der Waals surface area contributed by atoms with Crippen molar-refractivity contribution in [2.45, 2.75) is 27.2 Å². The maximum atomic E-state index is 5.97. The molecule has 3 nitrogen and oxygen atoms in total. The molecule has 0 aliphatic rings. The van der Waals surface area contributed by atoms with E-state index in [1.807, 2.05) is 19.9 Å². The van der Waals surface area contributed by atoms with E-state index in [4.69, 9.17) is 32.8 Å². The third-order valence-corrected chi connectivity index (χ3v) is 3.55. The SMILES string of the molecule is CC/C(=C\C(ONC)=C(C)C)COc1ccc(Cl)c(Cl)c1. The molecule has 0 saturated carbocycles. The molecule has 1 rings (SSSR count). The van der Waals surface area contributed by atoms with Crippen LogP contribution in [0.15, 0.2) is 41.2 Å². The van der Waals surface area contributed by atoms with E-state index < -0.39 is 0 Å². The highest BCUT2D eigenvalue weighted by atomic mass is 35.5. The molecule has 0 atom stereocenters. The lowest BCUT2D eigenvalue weighted by Crippen LogP contribution is -2.08. The molecule has 0 bridgehead atoms. The highest BCUT2D eigenvalue weighted by Crippen LogP contribution is 2.26. The summed E-state index contributed by atoms with van der Waals surface area (Å²) in [5, 5.41) is 1.00. The Morgan fingerprint density at radius 1 is 1.24 bits per heavy atom. The van der Waals surface area contributed by atoms with Crippen LogP contribution in [0.5, 0.6) is 5.75 Å². The fourth-order valence-corrected chi connectivity index (χ4v) is 1.85. The molecule has 1 N–H and O–H groups in total. The van der Waals surface area contributed by atoms with Crippen LogP contribution in [0.3, 0.4) is 0 Å². The van der Waals surface area contributed by atoms with Gasteiger partial charge in [-0.25, -0.2) is 0 Å². The zero-order valence-electron chi connectivity index (χ0n) is 12.8. The molecule has 0 spiro atoms. The van der Waals surface area contributed by atoms with Crippen LogP contribution in [0.25, 0.3) is 0 Å². The Kier molecular flexibility index (Phi) is 7.65. The standard InChI is InChI=1S/C16H21Cl2NO2/c1-5-12(8-16(11(2)3)21-19-4)10-20-13-6-7-14(17)15(18)9-13/h6-9,19H,5,10H2,1-4H3/b12-8+. The Morgan fingerprint density at radius 2 is 1.95 bits per heavy atom. The lowest BCUT2D eigenvalue weighted by Gasteiger charge is -2.11. The first-order valence-electron chi connectivity index (χ1n) is 6.76. The van der Waals surface area contributed by atoms with Crippen LogP contribution in [0.1, 0.15) is 27.2 Å². The van der Waals surface area contributed by atoms with Gasteiger partial charge < -0.3 is 9.57 Å². The molecule has 0 aliphatic carbocycles. The van der Waals surface area contributed by atoms with E-state index in [1.54, 1.807) is 25.2 Å². The van der Waals surface area contributed by atoms with E-state index in [2.05, 4.69) is 12.4 Å². The van der Waals surface area contributed by atoms with Crippen molar-refractivity contribution in [3.8, 4) is 5.75 Å². The number of ether oxygens (including phenoxy) is 1. The molecule has 0 aromatic heterocycles. The smallest absolute Gasteiger partial charge is 0.145 e. The summed E-state index contributed by atoms with van der Waals surface area (Å²) in [4.78, 5) is 5.38. The van der Waals surface area contributed by atoms with Crippen LogP contribution in [-0.2, 0) is 4.84 Å². The van der Waals surface area contributed by atoms with Gasteiger partial charge in [-0.3, -0.25) is 0 Å². The monoisotopic (exact) mass is 329 g/mol. The van der Waals surface area contributed by atoms with Crippen molar-refractivity contribution in [3.63, 3.8) is 0 Å². The van der Waals surface area contributed by atoms with Crippen LogP contribution >= 0.6 is 23.2 Å². The molecule has 0 amide bonds. The fourth-order valence-electron chi connectivity index (χ4n) is 1.56. The molecule has 1 aromatic carbocycles. The van der Waals surface area contributed by atoms with Gasteiger partial charge in [-0.05, 0) is 49.6 Å².